The lowest BCUT2D eigenvalue weighted by molar-refractivity contribution is -0.137. The molecule has 0 unspecified atom stereocenters. The number of rotatable bonds is 7. The molecule has 5 nitrogen and oxygen atoms in total. The molecule has 0 fully saturated rings. The van der Waals surface area contributed by atoms with Crippen molar-refractivity contribution in [3.8, 4) is 11.5 Å². The second-order valence-corrected chi connectivity index (χ2v) is 6.10. The predicted molar refractivity (Wildman–Crippen MR) is 91.4 cm³/mol. The molecule has 0 bridgehead atoms. The first-order valence-corrected chi connectivity index (χ1v) is 8.46. The summed E-state index contributed by atoms with van der Waals surface area (Å²) in [5.41, 5.74) is -0.0747. The highest BCUT2D eigenvalue weighted by Gasteiger charge is 2.30. The molecule has 140 valence electrons. The lowest BCUT2D eigenvalue weighted by Crippen LogP contribution is -2.24. The maximum atomic E-state index is 12.5. The second kappa shape index (κ2) is 8.79. The Bertz CT molecular complexity index is 752. The number of methoxy groups -OCH3 is 2. The van der Waals surface area contributed by atoms with Crippen molar-refractivity contribution < 1.29 is 27.4 Å². The van der Waals surface area contributed by atoms with Crippen molar-refractivity contribution in [2.75, 3.05) is 20.0 Å². The summed E-state index contributed by atoms with van der Waals surface area (Å²) in [6.45, 7) is 0.236. The van der Waals surface area contributed by atoms with Gasteiger partial charge in [-0.25, -0.2) is 4.98 Å². The number of nitrogens with one attached hydrogen (secondary N) is 1. The van der Waals surface area contributed by atoms with Gasteiger partial charge in [0, 0.05) is 18.3 Å². The minimum atomic E-state index is -4.43. The SMILES string of the molecule is COc1cccc(CNC(=O)CSc2ccc(C(F)(F)F)cn2)c1OC. The average molecular weight is 386 g/mol. The Labute approximate surface area is 152 Å². The van der Waals surface area contributed by atoms with Gasteiger partial charge in [-0.2, -0.15) is 13.2 Å². The standard InChI is InChI=1S/C17H17F3N2O3S/c1-24-13-5-3-4-11(16(13)25-2)8-21-14(23)10-26-15-7-6-12(9-22-15)17(18,19)20/h3-7,9H,8,10H2,1-2H3,(H,21,23). The zero-order valence-electron chi connectivity index (χ0n) is 14.1. The molecular weight excluding hydrogens is 369 g/mol. The minimum absolute atomic E-state index is 0.0324. The first-order valence-electron chi connectivity index (χ1n) is 7.47. The first kappa shape index (κ1) is 19.9. The van der Waals surface area contributed by atoms with Crippen LogP contribution in [0.15, 0.2) is 41.6 Å². The fraction of sp³-hybridized carbons (Fsp3) is 0.294. The number of amides is 1. The van der Waals surface area contributed by atoms with Crippen molar-refractivity contribution in [1.82, 2.24) is 10.3 Å². The van der Waals surface area contributed by atoms with E-state index in [4.69, 9.17) is 9.47 Å². The van der Waals surface area contributed by atoms with Gasteiger partial charge in [0.05, 0.1) is 30.6 Å². The predicted octanol–water partition coefficient (Wildman–Crippen LogP) is 3.53. The number of ether oxygens (including phenoxy) is 2. The maximum Gasteiger partial charge on any atom is 0.417 e. The summed E-state index contributed by atoms with van der Waals surface area (Å²) in [4.78, 5) is 15.7. The van der Waals surface area contributed by atoms with Gasteiger partial charge in [0.1, 0.15) is 0 Å². The highest BCUT2D eigenvalue weighted by molar-refractivity contribution is 7.99. The Morgan fingerprint density at radius 2 is 1.96 bits per heavy atom. The minimum Gasteiger partial charge on any atom is -0.493 e. The summed E-state index contributed by atoms with van der Waals surface area (Å²) in [7, 11) is 3.03. The molecule has 26 heavy (non-hydrogen) atoms. The number of alkyl halides is 3. The van der Waals surface area contributed by atoms with E-state index in [2.05, 4.69) is 10.3 Å². The molecule has 1 N–H and O–H groups in total. The Morgan fingerprint density at radius 1 is 1.19 bits per heavy atom. The van der Waals surface area contributed by atoms with E-state index >= 15 is 0 Å². The van der Waals surface area contributed by atoms with Gasteiger partial charge in [-0.1, -0.05) is 23.9 Å². The molecule has 0 aliphatic carbocycles. The van der Waals surface area contributed by atoms with E-state index in [1.807, 2.05) is 0 Å². The van der Waals surface area contributed by atoms with Crippen molar-refractivity contribution in [3.05, 3.63) is 47.7 Å². The molecule has 1 aromatic carbocycles. The van der Waals surface area contributed by atoms with Crippen molar-refractivity contribution in [3.63, 3.8) is 0 Å². The molecular formula is C17H17F3N2O3S. The number of aromatic nitrogens is 1. The zero-order valence-corrected chi connectivity index (χ0v) is 14.9. The van der Waals surface area contributed by atoms with Gasteiger partial charge in [-0.3, -0.25) is 4.79 Å². The van der Waals surface area contributed by atoms with E-state index in [0.29, 0.717) is 16.5 Å². The smallest absolute Gasteiger partial charge is 0.417 e. The van der Waals surface area contributed by atoms with E-state index in [1.165, 1.54) is 20.3 Å². The van der Waals surface area contributed by atoms with Crippen LogP contribution >= 0.6 is 11.8 Å². The largest absolute Gasteiger partial charge is 0.493 e. The molecule has 1 amide bonds. The number of carbonyl (C=O) groups excluding carboxylic acids is 1. The van der Waals surface area contributed by atoms with E-state index in [-0.39, 0.29) is 18.2 Å². The van der Waals surface area contributed by atoms with E-state index in [1.54, 1.807) is 18.2 Å². The molecule has 0 aliphatic heterocycles. The van der Waals surface area contributed by atoms with Gasteiger partial charge >= 0.3 is 6.18 Å². The number of nitrogens with zero attached hydrogens (tertiary/aromatic N) is 1. The van der Waals surface area contributed by atoms with Crippen LogP contribution in [0.4, 0.5) is 13.2 Å². The molecule has 2 rings (SSSR count). The fourth-order valence-corrected chi connectivity index (χ4v) is 2.78. The monoisotopic (exact) mass is 386 g/mol. The third-order valence-electron chi connectivity index (χ3n) is 3.38. The lowest BCUT2D eigenvalue weighted by atomic mass is 10.2. The lowest BCUT2D eigenvalue weighted by Gasteiger charge is -2.13. The number of carbonyl (C=O) groups is 1. The van der Waals surface area contributed by atoms with Gasteiger partial charge in [0.2, 0.25) is 5.91 Å². The Kier molecular flexibility index (Phi) is 6.73. The Morgan fingerprint density at radius 3 is 2.54 bits per heavy atom. The molecule has 0 saturated carbocycles. The topological polar surface area (TPSA) is 60.5 Å². The third kappa shape index (κ3) is 5.29. The van der Waals surface area contributed by atoms with Crippen molar-refractivity contribution >= 4 is 17.7 Å². The number of halogens is 3. The van der Waals surface area contributed by atoms with Gasteiger partial charge in [-0.15, -0.1) is 0 Å². The second-order valence-electron chi connectivity index (χ2n) is 5.10. The van der Waals surface area contributed by atoms with Crippen LogP contribution in [0.5, 0.6) is 11.5 Å². The highest BCUT2D eigenvalue weighted by atomic mass is 32.2. The molecule has 0 radical (unpaired) electrons. The first-order chi connectivity index (χ1) is 12.3. The molecule has 0 saturated heterocycles. The van der Waals surface area contributed by atoms with Gasteiger partial charge in [0.15, 0.2) is 11.5 Å². The summed E-state index contributed by atoms with van der Waals surface area (Å²) >= 11 is 1.05. The Hall–Kier alpha value is -2.42. The number of pyridine rings is 1. The average Bonchev–Trinajstić information content (AvgIpc) is 2.63. The van der Waals surface area contributed by atoms with Crippen LogP contribution in [0.1, 0.15) is 11.1 Å². The molecule has 9 heteroatoms. The molecule has 2 aromatic rings. The molecule has 1 heterocycles. The van der Waals surface area contributed by atoms with Gasteiger partial charge in [0.25, 0.3) is 0 Å². The van der Waals surface area contributed by atoms with E-state index in [0.717, 1.165) is 29.6 Å². The molecule has 0 aliphatic rings. The summed E-state index contributed by atoms with van der Waals surface area (Å²) < 4.78 is 47.9. The highest BCUT2D eigenvalue weighted by Crippen LogP contribution is 2.31. The summed E-state index contributed by atoms with van der Waals surface area (Å²) in [5.74, 6) is 0.849. The number of hydrogen-bond donors (Lipinski definition) is 1. The fourth-order valence-electron chi connectivity index (χ4n) is 2.11. The van der Waals surface area contributed by atoms with Crippen LogP contribution < -0.4 is 14.8 Å². The van der Waals surface area contributed by atoms with Crippen molar-refractivity contribution in [2.24, 2.45) is 0 Å². The van der Waals surface area contributed by atoms with Crippen LogP contribution in [0, 0.1) is 0 Å². The number of hydrogen-bond acceptors (Lipinski definition) is 5. The molecule has 1 aromatic heterocycles. The van der Waals surface area contributed by atoms with Crippen LogP contribution in [-0.2, 0) is 17.5 Å². The summed E-state index contributed by atoms with van der Waals surface area (Å²) in [5, 5.41) is 3.07. The van der Waals surface area contributed by atoms with Crippen molar-refractivity contribution in [2.45, 2.75) is 17.7 Å². The zero-order chi connectivity index (χ0) is 19.2. The van der Waals surface area contributed by atoms with Crippen molar-refractivity contribution in [1.29, 1.82) is 0 Å². The van der Waals surface area contributed by atoms with E-state index in [9.17, 15) is 18.0 Å². The Balaban J connectivity index is 1.88. The van der Waals surface area contributed by atoms with Gasteiger partial charge in [-0.05, 0) is 18.2 Å². The van der Waals surface area contributed by atoms with E-state index < -0.39 is 11.7 Å². The summed E-state index contributed by atoms with van der Waals surface area (Å²) in [6, 6.07) is 7.51. The maximum absolute atomic E-state index is 12.5. The quantitative estimate of drug-likeness (QED) is 0.738. The van der Waals surface area contributed by atoms with Crippen LogP contribution in [0.2, 0.25) is 0 Å². The van der Waals surface area contributed by atoms with Crippen LogP contribution in [-0.4, -0.2) is 30.9 Å². The van der Waals surface area contributed by atoms with Crippen LogP contribution in [0.3, 0.4) is 0 Å². The normalized spacial score (nSPS) is 11.1. The number of para-hydroxylation sites is 1. The summed E-state index contributed by atoms with van der Waals surface area (Å²) in [6.07, 6.45) is -3.68. The van der Waals surface area contributed by atoms with Crippen LogP contribution in [0.25, 0.3) is 0 Å². The van der Waals surface area contributed by atoms with Gasteiger partial charge < -0.3 is 14.8 Å². The number of thioether (sulfide) groups is 1. The third-order valence-corrected chi connectivity index (χ3v) is 4.32. The number of benzene rings is 1. The molecule has 0 atom stereocenters. The molecule has 0 spiro atoms.